The second-order valence-corrected chi connectivity index (χ2v) is 6.17. The van der Waals surface area contributed by atoms with E-state index in [4.69, 9.17) is 9.47 Å². The minimum absolute atomic E-state index is 0.0201. The van der Waals surface area contributed by atoms with Gasteiger partial charge < -0.3 is 20.1 Å². The van der Waals surface area contributed by atoms with Gasteiger partial charge in [0.25, 0.3) is 0 Å². The zero-order valence-electron chi connectivity index (χ0n) is 14.9. The number of rotatable bonds is 11. The highest BCUT2D eigenvalue weighted by atomic mass is 79.9. The van der Waals surface area contributed by atoms with Gasteiger partial charge in [-0.1, -0.05) is 12.1 Å². The summed E-state index contributed by atoms with van der Waals surface area (Å²) in [6.45, 7) is 2.53. The van der Waals surface area contributed by atoms with E-state index in [0.717, 1.165) is 4.47 Å². The van der Waals surface area contributed by atoms with Crippen molar-refractivity contribution in [3.8, 4) is 0 Å². The highest BCUT2D eigenvalue weighted by Gasteiger charge is 2.16. The summed E-state index contributed by atoms with van der Waals surface area (Å²) in [5.74, 6) is -1.13. The molecule has 0 aliphatic carbocycles. The van der Waals surface area contributed by atoms with E-state index in [1.807, 2.05) is 6.07 Å². The molecule has 0 heterocycles. The van der Waals surface area contributed by atoms with Gasteiger partial charge >= 0.3 is 5.97 Å². The number of methoxy groups -OCH3 is 1. The van der Waals surface area contributed by atoms with Crippen LogP contribution < -0.4 is 10.6 Å². The summed E-state index contributed by atoms with van der Waals surface area (Å²) < 4.78 is 10.6. The van der Waals surface area contributed by atoms with E-state index in [1.54, 1.807) is 30.0 Å². The molecule has 0 fully saturated rings. The Balaban J connectivity index is 2.44. The first-order valence-corrected chi connectivity index (χ1v) is 8.93. The summed E-state index contributed by atoms with van der Waals surface area (Å²) in [5.41, 5.74) is 0.621. The third-order valence-corrected chi connectivity index (χ3v) is 3.92. The fourth-order valence-corrected chi connectivity index (χ4v) is 2.40. The Bertz CT molecular complexity index is 612. The molecule has 0 aliphatic heterocycles. The Kier molecular flexibility index (Phi) is 10.5. The molecule has 0 radical (unpaired) electrons. The molecule has 0 spiro atoms. The number of hydrogen-bond acceptors (Lipinski definition) is 6. The van der Waals surface area contributed by atoms with Crippen LogP contribution in [0.15, 0.2) is 28.7 Å². The quantitative estimate of drug-likeness (QED) is 0.509. The summed E-state index contributed by atoms with van der Waals surface area (Å²) in [6.07, 6.45) is 0. The average Bonchev–Trinajstić information content (AvgIpc) is 2.60. The normalized spacial score (nSPS) is 10.5. The number of nitrogens with one attached hydrogen (secondary N) is 2. The smallest absolute Gasteiger partial charge is 0.320 e. The predicted octanol–water partition coefficient (Wildman–Crippen LogP) is 1.02. The van der Waals surface area contributed by atoms with Crippen LogP contribution in [-0.4, -0.2) is 69.2 Å². The molecule has 26 heavy (non-hydrogen) atoms. The number of anilines is 1. The Morgan fingerprint density at radius 2 is 1.88 bits per heavy atom. The van der Waals surface area contributed by atoms with E-state index >= 15 is 0 Å². The fourth-order valence-electron chi connectivity index (χ4n) is 2.02. The molecular formula is C17H24BrN3O5. The molecule has 8 nitrogen and oxygen atoms in total. The van der Waals surface area contributed by atoms with Crippen LogP contribution in [-0.2, 0) is 23.9 Å². The second-order valence-electron chi connectivity index (χ2n) is 5.31. The van der Waals surface area contributed by atoms with Gasteiger partial charge in [-0.25, -0.2) is 0 Å². The molecular weight excluding hydrogens is 406 g/mol. The SMILES string of the molecule is CCOC(=O)CN(CCOC)CC(=O)NCC(=O)Nc1ccccc1Br. The van der Waals surface area contributed by atoms with Gasteiger partial charge in [-0.15, -0.1) is 0 Å². The molecule has 2 amide bonds. The molecule has 1 aromatic rings. The van der Waals surface area contributed by atoms with Gasteiger partial charge in [0.1, 0.15) is 0 Å². The standard InChI is InChI=1S/C17H24BrN3O5/c1-3-26-17(24)12-21(8-9-25-2)11-16(23)19-10-15(22)20-14-7-5-4-6-13(14)18/h4-7H,3,8-12H2,1-2H3,(H,19,23)(H,20,22). The minimum atomic E-state index is -0.414. The van der Waals surface area contributed by atoms with E-state index in [0.29, 0.717) is 18.8 Å². The van der Waals surface area contributed by atoms with Crippen LogP contribution in [0.1, 0.15) is 6.92 Å². The number of carbonyl (C=O) groups is 3. The maximum Gasteiger partial charge on any atom is 0.320 e. The van der Waals surface area contributed by atoms with Crippen LogP contribution in [0, 0.1) is 0 Å². The zero-order chi connectivity index (χ0) is 19.4. The van der Waals surface area contributed by atoms with Gasteiger partial charge in [0.2, 0.25) is 11.8 Å². The Labute approximate surface area is 161 Å². The molecule has 0 atom stereocenters. The number of ether oxygens (including phenoxy) is 2. The van der Waals surface area contributed by atoms with Gasteiger partial charge in [-0.2, -0.15) is 0 Å². The molecule has 1 aromatic carbocycles. The lowest BCUT2D eigenvalue weighted by Gasteiger charge is -2.20. The van der Waals surface area contributed by atoms with E-state index in [-0.39, 0.29) is 38.1 Å². The average molecular weight is 430 g/mol. The highest BCUT2D eigenvalue weighted by Crippen LogP contribution is 2.20. The number of esters is 1. The molecule has 0 saturated carbocycles. The van der Waals surface area contributed by atoms with Gasteiger partial charge in [0, 0.05) is 18.1 Å². The van der Waals surface area contributed by atoms with Crippen LogP contribution >= 0.6 is 15.9 Å². The second kappa shape index (κ2) is 12.4. The van der Waals surface area contributed by atoms with Crippen molar-refractivity contribution in [3.63, 3.8) is 0 Å². The molecule has 0 bridgehead atoms. The summed E-state index contributed by atoms with van der Waals surface area (Å²) in [5, 5.41) is 5.23. The molecule has 0 saturated heterocycles. The van der Waals surface area contributed by atoms with Crippen LogP contribution in [0.25, 0.3) is 0 Å². The van der Waals surface area contributed by atoms with Gasteiger partial charge in [-0.05, 0) is 35.0 Å². The van der Waals surface area contributed by atoms with Crippen molar-refractivity contribution in [2.45, 2.75) is 6.92 Å². The third-order valence-electron chi connectivity index (χ3n) is 3.23. The monoisotopic (exact) mass is 429 g/mol. The van der Waals surface area contributed by atoms with Crippen molar-refractivity contribution < 1.29 is 23.9 Å². The lowest BCUT2D eigenvalue weighted by Crippen LogP contribution is -2.43. The predicted molar refractivity (Wildman–Crippen MR) is 101 cm³/mol. The summed E-state index contributed by atoms with van der Waals surface area (Å²) in [4.78, 5) is 37.2. The first-order valence-electron chi connectivity index (χ1n) is 8.14. The molecule has 0 aliphatic rings. The van der Waals surface area contributed by atoms with E-state index < -0.39 is 5.97 Å². The van der Waals surface area contributed by atoms with Crippen LogP contribution in [0.2, 0.25) is 0 Å². The Morgan fingerprint density at radius 3 is 2.54 bits per heavy atom. The highest BCUT2D eigenvalue weighted by molar-refractivity contribution is 9.10. The lowest BCUT2D eigenvalue weighted by atomic mass is 10.3. The molecule has 0 unspecified atom stereocenters. The maximum absolute atomic E-state index is 12.0. The van der Waals surface area contributed by atoms with Crippen LogP contribution in [0.3, 0.4) is 0 Å². The van der Waals surface area contributed by atoms with E-state index in [9.17, 15) is 14.4 Å². The number of para-hydroxylation sites is 1. The van der Waals surface area contributed by atoms with Crippen molar-refractivity contribution >= 4 is 39.4 Å². The number of halogens is 1. The number of hydrogen-bond donors (Lipinski definition) is 2. The van der Waals surface area contributed by atoms with Crippen molar-refractivity contribution in [3.05, 3.63) is 28.7 Å². The molecule has 2 N–H and O–H groups in total. The minimum Gasteiger partial charge on any atom is -0.465 e. The first-order chi connectivity index (χ1) is 12.5. The summed E-state index contributed by atoms with van der Waals surface area (Å²) in [6, 6.07) is 7.18. The number of benzene rings is 1. The Morgan fingerprint density at radius 1 is 1.15 bits per heavy atom. The van der Waals surface area contributed by atoms with Gasteiger partial charge in [0.05, 0.1) is 38.5 Å². The third kappa shape index (κ3) is 8.93. The maximum atomic E-state index is 12.0. The number of carbonyl (C=O) groups excluding carboxylic acids is 3. The van der Waals surface area contributed by atoms with Crippen molar-refractivity contribution in [1.29, 1.82) is 0 Å². The topological polar surface area (TPSA) is 97.0 Å². The van der Waals surface area contributed by atoms with Crippen molar-refractivity contribution in [2.75, 3.05) is 51.8 Å². The van der Waals surface area contributed by atoms with Gasteiger partial charge in [-0.3, -0.25) is 19.3 Å². The van der Waals surface area contributed by atoms with Gasteiger partial charge in [0.15, 0.2) is 0 Å². The largest absolute Gasteiger partial charge is 0.465 e. The van der Waals surface area contributed by atoms with Crippen molar-refractivity contribution in [2.24, 2.45) is 0 Å². The molecule has 0 aromatic heterocycles. The molecule has 1 rings (SSSR count). The van der Waals surface area contributed by atoms with Crippen LogP contribution in [0.5, 0.6) is 0 Å². The lowest BCUT2D eigenvalue weighted by molar-refractivity contribution is -0.144. The van der Waals surface area contributed by atoms with Crippen molar-refractivity contribution in [1.82, 2.24) is 10.2 Å². The Hall–Kier alpha value is -1.97. The van der Waals surface area contributed by atoms with Crippen LogP contribution in [0.4, 0.5) is 5.69 Å². The molecule has 9 heteroatoms. The number of amides is 2. The molecule has 144 valence electrons. The number of nitrogens with zero attached hydrogens (tertiary/aromatic N) is 1. The summed E-state index contributed by atoms with van der Waals surface area (Å²) >= 11 is 3.33. The van der Waals surface area contributed by atoms with E-state index in [2.05, 4.69) is 26.6 Å². The zero-order valence-corrected chi connectivity index (χ0v) is 16.5. The summed E-state index contributed by atoms with van der Waals surface area (Å²) in [7, 11) is 1.54. The fraction of sp³-hybridized carbons (Fsp3) is 0.471. The first kappa shape index (κ1) is 22.1. The van der Waals surface area contributed by atoms with E-state index in [1.165, 1.54) is 7.11 Å².